The van der Waals surface area contributed by atoms with Gasteiger partial charge in [0.2, 0.25) is 5.90 Å². The molecule has 0 N–H and O–H groups in total. The van der Waals surface area contributed by atoms with E-state index in [2.05, 4.69) is 115 Å². The summed E-state index contributed by atoms with van der Waals surface area (Å²) in [5, 5.41) is 7.71. The lowest BCUT2D eigenvalue weighted by Crippen LogP contribution is -2.17. The lowest BCUT2D eigenvalue weighted by molar-refractivity contribution is 0.316. The summed E-state index contributed by atoms with van der Waals surface area (Å²) in [7, 11) is -0.417. The normalized spacial score (nSPS) is 15.6. The van der Waals surface area contributed by atoms with Crippen LogP contribution in [-0.2, 0) is 4.74 Å². The van der Waals surface area contributed by atoms with Crippen LogP contribution >= 0.6 is 7.92 Å². The van der Waals surface area contributed by atoms with Gasteiger partial charge in [-0.15, -0.1) is 0 Å². The molecule has 0 saturated carbocycles. The molecule has 1 aliphatic heterocycles. The van der Waals surface area contributed by atoms with Crippen LogP contribution in [0.5, 0.6) is 0 Å². The molecule has 2 nitrogen and oxygen atoms in total. The first-order chi connectivity index (χ1) is 16.9. The van der Waals surface area contributed by atoms with E-state index in [9.17, 15) is 0 Å². The van der Waals surface area contributed by atoms with Gasteiger partial charge >= 0.3 is 0 Å². The molecule has 1 heterocycles. The summed E-state index contributed by atoms with van der Waals surface area (Å²) < 4.78 is 6.27. The number of hydrogen-bond acceptors (Lipinski definition) is 2. The minimum Gasteiger partial charge on any atom is -0.475 e. The van der Waals surface area contributed by atoms with Crippen molar-refractivity contribution in [2.75, 3.05) is 12.8 Å². The first-order valence-electron chi connectivity index (χ1n) is 11.9. The Balaban J connectivity index is 1.31. The summed E-state index contributed by atoms with van der Waals surface area (Å²) in [6.07, 6.45) is 2.12. The molecule has 5 aromatic carbocycles. The van der Waals surface area contributed by atoms with E-state index >= 15 is 0 Å². The molecule has 0 spiro atoms. The Labute approximate surface area is 201 Å². The van der Waals surface area contributed by atoms with Crippen molar-refractivity contribution in [2.24, 2.45) is 4.99 Å². The molecular formula is C31H26NOP. The third-order valence-corrected chi connectivity index (χ3v) is 9.07. The Morgan fingerprint density at radius 2 is 1.21 bits per heavy atom. The van der Waals surface area contributed by atoms with Crippen molar-refractivity contribution in [1.29, 1.82) is 0 Å². The van der Waals surface area contributed by atoms with Crippen LogP contribution in [0.25, 0.3) is 21.5 Å². The van der Waals surface area contributed by atoms with Gasteiger partial charge in [-0.2, -0.15) is 0 Å². The van der Waals surface area contributed by atoms with Gasteiger partial charge in [0.05, 0.1) is 11.6 Å². The molecule has 1 atom stereocenters. The van der Waals surface area contributed by atoms with Crippen molar-refractivity contribution in [3.05, 3.63) is 121 Å². The first-order valence-corrected chi connectivity index (χ1v) is 13.4. The lowest BCUT2D eigenvalue weighted by atomic mass is 9.96. The van der Waals surface area contributed by atoms with Gasteiger partial charge in [0.1, 0.15) is 6.61 Å². The van der Waals surface area contributed by atoms with Gasteiger partial charge in [-0.3, -0.25) is 0 Å². The lowest BCUT2D eigenvalue weighted by Gasteiger charge is -2.19. The molecule has 166 valence electrons. The number of nitrogens with zero attached hydrogens (tertiary/aromatic N) is 1. The average Bonchev–Trinajstić information content (AvgIpc) is 3.37. The summed E-state index contributed by atoms with van der Waals surface area (Å²) in [4.78, 5) is 5.12. The fraction of sp³-hybridized carbons (Fsp3) is 0.129. The van der Waals surface area contributed by atoms with E-state index in [1.54, 1.807) is 0 Å². The molecule has 6 rings (SSSR count). The standard InChI is InChI=1S/C31H26NOP/c1-3-13-26(14-4-1)34(27-15-5-2-6-16-27)20-19-25-22-33-31(32-25)30-28-17-9-7-11-23(28)21-24-12-8-10-18-29(24)30/h1-18,21,25H,19-20,22H2/t25-/m0/s1. The fourth-order valence-corrected chi connectivity index (χ4v) is 7.28. The summed E-state index contributed by atoms with van der Waals surface area (Å²) in [6.45, 7) is 0.652. The molecule has 0 amide bonds. The highest BCUT2D eigenvalue weighted by atomic mass is 31.1. The highest BCUT2D eigenvalue weighted by molar-refractivity contribution is 7.73. The second-order valence-electron chi connectivity index (χ2n) is 8.70. The van der Waals surface area contributed by atoms with Crippen LogP contribution in [0.15, 0.2) is 120 Å². The van der Waals surface area contributed by atoms with Crippen molar-refractivity contribution < 1.29 is 4.74 Å². The molecule has 0 fully saturated rings. The smallest absolute Gasteiger partial charge is 0.217 e. The predicted octanol–water partition coefficient (Wildman–Crippen LogP) is 6.66. The summed E-state index contributed by atoms with van der Waals surface area (Å²) in [5.74, 6) is 0.793. The van der Waals surface area contributed by atoms with Gasteiger partial charge in [0.15, 0.2) is 0 Å². The van der Waals surface area contributed by atoms with Crippen molar-refractivity contribution in [1.82, 2.24) is 0 Å². The zero-order valence-corrected chi connectivity index (χ0v) is 19.9. The summed E-state index contributed by atoms with van der Waals surface area (Å²) in [6, 6.07) is 41.4. The van der Waals surface area contributed by atoms with E-state index in [1.165, 1.54) is 32.2 Å². The van der Waals surface area contributed by atoms with Crippen molar-refractivity contribution in [2.45, 2.75) is 12.5 Å². The van der Waals surface area contributed by atoms with Crippen LogP contribution in [0.3, 0.4) is 0 Å². The van der Waals surface area contributed by atoms with Gasteiger partial charge in [-0.05, 0) is 58.7 Å². The maximum Gasteiger partial charge on any atom is 0.217 e. The fourth-order valence-electron chi connectivity index (χ4n) is 4.85. The number of rotatable bonds is 6. The molecule has 0 aromatic heterocycles. The molecule has 0 saturated heterocycles. The zero-order chi connectivity index (χ0) is 22.7. The third-order valence-electron chi connectivity index (χ3n) is 6.52. The highest BCUT2D eigenvalue weighted by Gasteiger charge is 2.25. The number of hydrogen-bond donors (Lipinski definition) is 0. The van der Waals surface area contributed by atoms with Gasteiger partial charge in [-0.1, -0.05) is 109 Å². The number of aliphatic imine (C=N–C) groups is 1. The molecule has 0 radical (unpaired) electrons. The molecule has 1 aliphatic rings. The molecule has 34 heavy (non-hydrogen) atoms. The Morgan fingerprint density at radius 1 is 0.676 bits per heavy atom. The topological polar surface area (TPSA) is 21.6 Å². The van der Waals surface area contributed by atoms with E-state index < -0.39 is 7.92 Å². The number of benzene rings is 5. The highest BCUT2D eigenvalue weighted by Crippen LogP contribution is 2.36. The maximum atomic E-state index is 6.27. The maximum absolute atomic E-state index is 6.27. The Hall–Kier alpha value is -3.48. The van der Waals surface area contributed by atoms with Crippen LogP contribution < -0.4 is 10.6 Å². The predicted molar refractivity (Wildman–Crippen MR) is 146 cm³/mol. The van der Waals surface area contributed by atoms with Crippen molar-refractivity contribution in [3.8, 4) is 0 Å². The average molecular weight is 460 g/mol. The van der Waals surface area contributed by atoms with Crippen molar-refractivity contribution in [3.63, 3.8) is 0 Å². The summed E-state index contributed by atoms with van der Waals surface area (Å²) in [5.41, 5.74) is 1.13. The van der Waals surface area contributed by atoms with Crippen LogP contribution in [0.4, 0.5) is 0 Å². The second kappa shape index (κ2) is 9.41. The van der Waals surface area contributed by atoms with Gasteiger partial charge in [0, 0.05) is 0 Å². The van der Waals surface area contributed by atoms with E-state index in [1.807, 2.05) is 0 Å². The van der Waals surface area contributed by atoms with E-state index in [0.717, 1.165) is 24.0 Å². The SMILES string of the molecule is c1ccc(P(CC[C@H]2COC(c3c4ccccc4cc4ccccc34)=N2)c2ccccc2)cc1. The second-order valence-corrected chi connectivity index (χ2v) is 11.0. The van der Waals surface area contributed by atoms with Gasteiger partial charge in [-0.25, -0.2) is 4.99 Å². The number of fused-ring (bicyclic) bond motifs is 2. The molecule has 0 bridgehead atoms. The van der Waals surface area contributed by atoms with Crippen LogP contribution in [0.1, 0.15) is 12.0 Å². The zero-order valence-electron chi connectivity index (χ0n) is 19.0. The van der Waals surface area contributed by atoms with E-state index in [-0.39, 0.29) is 6.04 Å². The first kappa shape index (κ1) is 21.1. The van der Waals surface area contributed by atoms with Crippen molar-refractivity contribution >= 4 is 46.0 Å². The van der Waals surface area contributed by atoms with E-state index in [4.69, 9.17) is 9.73 Å². The monoisotopic (exact) mass is 459 g/mol. The molecule has 0 unspecified atom stereocenters. The quantitative estimate of drug-likeness (QED) is 0.205. The van der Waals surface area contributed by atoms with Gasteiger partial charge in [0.25, 0.3) is 0 Å². The van der Waals surface area contributed by atoms with E-state index in [0.29, 0.717) is 6.61 Å². The van der Waals surface area contributed by atoms with Crippen LogP contribution in [0, 0.1) is 0 Å². The molecule has 3 heteroatoms. The molecule has 5 aromatic rings. The largest absolute Gasteiger partial charge is 0.475 e. The minimum atomic E-state index is -0.417. The number of ether oxygens (including phenoxy) is 1. The minimum absolute atomic E-state index is 0.185. The van der Waals surface area contributed by atoms with Crippen LogP contribution in [0.2, 0.25) is 0 Å². The Kier molecular flexibility index (Phi) is 5.83. The Bertz CT molecular complexity index is 1370. The molecular weight excluding hydrogens is 433 g/mol. The van der Waals surface area contributed by atoms with Gasteiger partial charge < -0.3 is 4.74 Å². The Morgan fingerprint density at radius 3 is 1.79 bits per heavy atom. The summed E-state index contributed by atoms with van der Waals surface area (Å²) >= 11 is 0. The molecule has 0 aliphatic carbocycles. The van der Waals surface area contributed by atoms with Crippen LogP contribution in [-0.4, -0.2) is 24.7 Å². The third kappa shape index (κ3) is 4.11.